The monoisotopic (exact) mass is 352 g/mol. The number of piperidine rings is 1. The maximum absolute atomic E-state index is 12.3. The number of rotatable bonds is 5. The van der Waals surface area contributed by atoms with Crippen LogP contribution in [0.4, 0.5) is 0 Å². The Bertz CT molecular complexity index is 460. The minimum atomic E-state index is 0.265. The molecule has 2 N–H and O–H groups in total. The van der Waals surface area contributed by atoms with E-state index >= 15 is 0 Å². The zero-order chi connectivity index (χ0) is 15.2. The average Bonchev–Trinajstić information content (AvgIpc) is 2.45. The summed E-state index contributed by atoms with van der Waals surface area (Å²) >= 11 is 3.44. The van der Waals surface area contributed by atoms with Crippen LogP contribution in [0.2, 0.25) is 0 Å². The highest BCUT2D eigenvalue weighted by Crippen LogP contribution is 2.18. The molecule has 2 rings (SSSR count). The van der Waals surface area contributed by atoms with Crippen LogP contribution in [0, 0.1) is 0 Å². The Morgan fingerprint density at radius 1 is 1.33 bits per heavy atom. The molecule has 4 heteroatoms. The first-order chi connectivity index (χ1) is 10.1. The summed E-state index contributed by atoms with van der Waals surface area (Å²) in [7, 11) is 0. The third-order valence-electron chi connectivity index (χ3n) is 4.26. The van der Waals surface area contributed by atoms with Crippen molar-refractivity contribution in [2.45, 2.75) is 57.5 Å². The average molecular weight is 353 g/mol. The fourth-order valence-electron chi connectivity index (χ4n) is 2.98. The number of carbonyl (C=O) groups is 1. The lowest BCUT2D eigenvalue weighted by atomic mass is 9.98. The number of nitrogens with two attached hydrogens (primary N) is 1. The second-order valence-electron chi connectivity index (χ2n) is 6.05. The molecule has 1 amide bonds. The van der Waals surface area contributed by atoms with Crippen molar-refractivity contribution in [1.29, 1.82) is 0 Å². The number of benzene rings is 1. The molecular formula is C17H25BrN2O. The van der Waals surface area contributed by atoms with Gasteiger partial charge >= 0.3 is 0 Å². The second-order valence-corrected chi connectivity index (χ2v) is 6.97. The number of hydrogen-bond donors (Lipinski definition) is 1. The third kappa shape index (κ3) is 5.11. The largest absolute Gasteiger partial charge is 0.340 e. The Labute approximate surface area is 136 Å². The molecule has 3 nitrogen and oxygen atoms in total. The highest BCUT2D eigenvalue weighted by Gasteiger charge is 2.26. The number of likely N-dealkylation sites (tertiary alicyclic amines) is 1. The van der Waals surface area contributed by atoms with Crippen LogP contribution < -0.4 is 5.73 Å². The SMILES string of the molecule is C[C@H]1C[C@H](N)CCN1C(=O)CCCCc1ccc(Br)cc1. The number of amides is 1. The van der Waals surface area contributed by atoms with Gasteiger partial charge in [0.05, 0.1) is 0 Å². The smallest absolute Gasteiger partial charge is 0.222 e. The van der Waals surface area contributed by atoms with Gasteiger partial charge in [0.1, 0.15) is 0 Å². The van der Waals surface area contributed by atoms with Gasteiger partial charge in [-0.2, -0.15) is 0 Å². The van der Waals surface area contributed by atoms with Gasteiger partial charge in [0, 0.05) is 29.5 Å². The number of carbonyl (C=O) groups excluding carboxylic acids is 1. The van der Waals surface area contributed by atoms with Crippen molar-refractivity contribution in [3.05, 3.63) is 34.3 Å². The summed E-state index contributed by atoms with van der Waals surface area (Å²) in [6.07, 6.45) is 5.61. The number of nitrogens with zero attached hydrogens (tertiary/aromatic N) is 1. The summed E-state index contributed by atoms with van der Waals surface area (Å²) in [5.41, 5.74) is 7.28. The number of halogens is 1. The fourth-order valence-corrected chi connectivity index (χ4v) is 3.24. The summed E-state index contributed by atoms with van der Waals surface area (Å²) in [5, 5.41) is 0. The summed E-state index contributed by atoms with van der Waals surface area (Å²) in [4.78, 5) is 14.3. The summed E-state index contributed by atoms with van der Waals surface area (Å²) in [6.45, 7) is 2.94. The standard InChI is InChI=1S/C17H25BrN2O/c1-13-12-16(19)10-11-20(13)17(21)5-3-2-4-14-6-8-15(18)9-7-14/h6-9,13,16H,2-5,10-12,19H2,1H3/t13-,16+/m0/s1. The summed E-state index contributed by atoms with van der Waals surface area (Å²) in [6, 6.07) is 8.98. The van der Waals surface area contributed by atoms with Crippen LogP contribution in [-0.2, 0) is 11.2 Å². The molecule has 21 heavy (non-hydrogen) atoms. The molecule has 116 valence electrons. The van der Waals surface area contributed by atoms with Gasteiger partial charge in [-0.1, -0.05) is 28.1 Å². The van der Waals surface area contributed by atoms with E-state index in [1.807, 2.05) is 4.90 Å². The van der Waals surface area contributed by atoms with Crippen LogP contribution in [0.15, 0.2) is 28.7 Å². The Hall–Kier alpha value is -0.870. The molecule has 1 heterocycles. The van der Waals surface area contributed by atoms with E-state index in [1.54, 1.807) is 0 Å². The molecule has 1 saturated heterocycles. The molecule has 0 aliphatic carbocycles. The molecule has 1 aliphatic heterocycles. The quantitative estimate of drug-likeness (QED) is 0.824. The van der Waals surface area contributed by atoms with E-state index < -0.39 is 0 Å². The van der Waals surface area contributed by atoms with Gasteiger partial charge in [-0.15, -0.1) is 0 Å². The number of hydrogen-bond acceptors (Lipinski definition) is 2. The number of unbranched alkanes of at least 4 members (excludes halogenated alkanes) is 1. The van der Waals surface area contributed by atoms with Gasteiger partial charge in [0.15, 0.2) is 0 Å². The molecule has 0 unspecified atom stereocenters. The first-order valence-electron chi connectivity index (χ1n) is 7.86. The van der Waals surface area contributed by atoms with Crippen LogP contribution >= 0.6 is 15.9 Å². The molecule has 1 aliphatic rings. The summed E-state index contributed by atoms with van der Waals surface area (Å²) < 4.78 is 1.11. The molecule has 0 spiro atoms. The van der Waals surface area contributed by atoms with Crippen molar-refractivity contribution < 1.29 is 4.79 Å². The van der Waals surface area contributed by atoms with Gasteiger partial charge in [0.2, 0.25) is 5.91 Å². The highest BCUT2D eigenvalue weighted by molar-refractivity contribution is 9.10. The van der Waals surface area contributed by atoms with Crippen molar-refractivity contribution in [3.8, 4) is 0 Å². The molecule has 1 aromatic carbocycles. The van der Waals surface area contributed by atoms with E-state index in [2.05, 4.69) is 47.1 Å². The third-order valence-corrected chi connectivity index (χ3v) is 4.79. The lowest BCUT2D eigenvalue weighted by Crippen LogP contribution is -2.48. The van der Waals surface area contributed by atoms with Crippen LogP contribution in [0.1, 0.15) is 44.6 Å². The van der Waals surface area contributed by atoms with Crippen molar-refractivity contribution in [2.75, 3.05) is 6.54 Å². The maximum atomic E-state index is 12.3. The zero-order valence-electron chi connectivity index (χ0n) is 12.7. The van der Waals surface area contributed by atoms with E-state index in [0.29, 0.717) is 18.4 Å². The lowest BCUT2D eigenvalue weighted by molar-refractivity contribution is -0.134. The van der Waals surface area contributed by atoms with Crippen molar-refractivity contribution in [1.82, 2.24) is 4.90 Å². The maximum Gasteiger partial charge on any atom is 0.222 e. The molecular weight excluding hydrogens is 328 g/mol. The fraction of sp³-hybridized carbons (Fsp3) is 0.588. The first kappa shape index (κ1) is 16.5. The molecule has 0 bridgehead atoms. The van der Waals surface area contributed by atoms with E-state index in [0.717, 1.165) is 43.1 Å². The zero-order valence-corrected chi connectivity index (χ0v) is 14.3. The molecule has 2 atom stereocenters. The highest BCUT2D eigenvalue weighted by atomic mass is 79.9. The minimum Gasteiger partial charge on any atom is -0.340 e. The van der Waals surface area contributed by atoms with Crippen LogP contribution in [0.3, 0.4) is 0 Å². The molecule has 0 aromatic heterocycles. The molecule has 1 fully saturated rings. The first-order valence-corrected chi connectivity index (χ1v) is 8.65. The van der Waals surface area contributed by atoms with Gasteiger partial charge in [-0.25, -0.2) is 0 Å². The van der Waals surface area contributed by atoms with Gasteiger partial charge < -0.3 is 10.6 Å². The van der Waals surface area contributed by atoms with Crippen LogP contribution in [0.25, 0.3) is 0 Å². The topological polar surface area (TPSA) is 46.3 Å². The Balaban J connectivity index is 1.68. The van der Waals surface area contributed by atoms with E-state index in [4.69, 9.17) is 5.73 Å². The molecule has 0 radical (unpaired) electrons. The van der Waals surface area contributed by atoms with Gasteiger partial charge in [-0.3, -0.25) is 4.79 Å². The Morgan fingerprint density at radius 2 is 2.05 bits per heavy atom. The second kappa shape index (κ2) is 7.95. The molecule has 0 saturated carbocycles. The van der Waals surface area contributed by atoms with Crippen molar-refractivity contribution in [2.24, 2.45) is 5.73 Å². The number of aryl methyl sites for hydroxylation is 1. The van der Waals surface area contributed by atoms with Crippen LogP contribution in [0.5, 0.6) is 0 Å². The van der Waals surface area contributed by atoms with E-state index in [9.17, 15) is 4.79 Å². The molecule has 1 aromatic rings. The lowest BCUT2D eigenvalue weighted by Gasteiger charge is -2.36. The Morgan fingerprint density at radius 3 is 2.71 bits per heavy atom. The van der Waals surface area contributed by atoms with Crippen LogP contribution in [-0.4, -0.2) is 29.4 Å². The van der Waals surface area contributed by atoms with Gasteiger partial charge in [-0.05, 0) is 56.7 Å². The van der Waals surface area contributed by atoms with Crippen molar-refractivity contribution >= 4 is 21.8 Å². The normalized spacial score (nSPS) is 22.3. The van der Waals surface area contributed by atoms with E-state index in [-0.39, 0.29) is 6.04 Å². The Kier molecular flexibility index (Phi) is 6.24. The van der Waals surface area contributed by atoms with E-state index in [1.165, 1.54) is 5.56 Å². The predicted octanol–water partition coefficient (Wildman–Crippen LogP) is 3.50. The van der Waals surface area contributed by atoms with Gasteiger partial charge in [0.25, 0.3) is 0 Å². The predicted molar refractivity (Wildman–Crippen MR) is 90.1 cm³/mol. The van der Waals surface area contributed by atoms with Crippen molar-refractivity contribution in [3.63, 3.8) is 0 Å². The minimum absolute atomic E-state index is 0.265. The summed E-state index contributed by atoms with van der Waals surface area (Å²) in [5.74, 6) is 0.296.